The van der Waals surface area contributed by atoms with Crippen molar-refractivity contribution in [2.24, 2.45) is 0 Å². The summed E-state index contributed by atoms with van der Waals surface area (Å²) in [6.45, 7) is 19.1. The minimum atomic E-state index is -0.488. The zero-order valence-corrected chi connectivity index (χ0v) is 24.4. The molecule has 12 nitrogen and oxygen atoms in total. The Kier molecular flexibility index (Phi) is 23.6. The van der Waals surface area contributed by atoms with Gasteiger partial charge in [-0.2, -0.15) is 0 Å². The fraction of sp³-hybridized carbons (Fsp3) is 0.586. The third-order valence-corrected chi connectivity index (χ3v) is 5.34. The average Bonchev–Trinajstić information content (AvgIpc) is 2.97. The molecule has 0 rings (SSSR count). The summed E-state index contributed by atoms with van der Waals surface area (Å²) in [6, 6.07) is 0. The molecule has 0 fully saturated rings. The highest BCUT2D eigenvalue weighted by molar-refractivity contribution is 5.92. The van der Waals surface area contributed by atoms with Crippen molar-refractivity contribution >= 4 is 23.6 Å². The second-order valence-electron chi connectivity index (χ2n) is 8.90. The van der Waals surface area contributed by atoms with E-state index >= 15 is 0 Å². The predicted molar refractivity (Wildman–Crippen MR) is 157 cm³/mol. The van der Waals surface area contributed by atoms with Gasteiger partial charge in [-0.05, 0) is 50.8 Å². The molecule has 2 atom stereocenters. The lowest BCUT2D eigenvalue weighted by Crippen LogP contribution is -2.40. The fourth-order valence-corrected chi connectivity index (χ4v) is 3.09. The van der Waals surface area contributed by atoms with E-state index in [-0.39, 0.29) is 36.8 Å². The van der Waals surface area contributed by atoms with Gasteiger partial charge in [0.2, 0.25) is 23.6 Å². The van der Waals surface area contributed by atoms with Gasteiger partial charge in [-0.1, -0.05) is 26.3 Å². The molecule has 12 heteroatoms. The van der Waals surface area contributed by atoms with Crippen molar-refractivity contribution in [3.8, 4) is 0 Å². The van der Waals surface area contributed by atoms with Crippen molar-refractivity contribution in [2.45, 2.75) is 44.8 Å². The molecule has 2 unspecified atom stereocenters. The van der Waals surface area contributed by atoms with Gasteiger partial charge in [-0.3, -0.25) is 19.2 Å². The molecule has 4 N–H and O–H groups in total. The van der Waals surface area contributed by atoms with Gasteiger partial charge in [0.05, 0.1) is 13.2 Å². The number of hydrogen-bond acceptors (Lipinski definition) is 8. The molecular formula is C29H48N4O8. The molecule has 0 aromatic rings. The summed E-state index contributed by atoms with van der Waals surface area (Å²) in [7, 11) is 0. The zero-order chi connectivity index (χ0) is 30.7. The summed E-state index contributed by atoms with van der Waals surface area (Å²) in [5.74, 6) is -0.963. The molecule has 0 spiro atoms. The van der Waals surface area contributed by atoms with Crippen LogP contribution in [0.15, 0.2) is 50.1 Å². The number of carbonyl (C=O) groups excluding carboxylic acids is 4. The van der Waals surface area contributed by atoms with Crippen molar-refractivity contribution in [1.29, 1.82) is 0 Å². The Morgan fingerprint density at radius 2 is 0.951 bits per heavy atom. The van der Waals surface area contributed by atoms with E-state index in [1.54, 1.807) is 6.92 Å². The summed E-state index contributed by atoms with van der Waals surface area (Å²) in [4.78, 5) is 45.7. The minimum absolute atomic E-state index is 0.200. The van der Waals surface area contributed by atoms with Crippen LogP contribution in [0.25, 0.3) is 0 Å². The van der Waals surface area contributed by atoms with Crippen molar-refractivity contribution in [1.82, 2.24) is 21.3 Å². The summed E-state index contributed by atoms with van der Waals surface area (Å²) in [5, 5.41) is 10.9. The van der Waals surface area contributed by atoms with Gasteiger partial charge in [0.25, 0.3) is 0 Å². The lowest BCUT2D eigenvalue weighted by Gasteiger charge is -2.28. The van der Waals surface area contributed by atoms with Crippen LogP contribution in [0.1, 0.15) is 32.6 Å². The summed E-state index contributed by atoms with van der Waals surface area (Å²) in [6.07, 6.45) is 4.97. The highest BCUT2D eigenvalue weighted by Crippen LogP contribution is 2.09. The van der Waals surface area contributed by atoms with Gasteiger partial charge in [-0.25, -0.2) is 0 Å². The van der Waals surface area contributed by atoms with Gasteiger partial charge in [-0.15, -0.1) is 0 Å². The van der Waals surface area contributed by atoms with Crippen LogP contribution in [-0.4, -0.2) is 102 Å². The van der Waals surface area contributed by atoms with Crippen LogP contribution in [0, 0.1) is 0 Å². The molecule has 0 radical (unpaired) electrons. The molecule has 0 aromatic carbocycles. The molecular weight excluding hydrogens is 532 g/mol. The molecule has 0 bridgehead atoms. The lowest BCUT2D eigenvalue weighted by atomic mass is 10.2. The minimum Gasteiger partial charge on any atom is -0.379 e. The van der Waals surface area contributed by atoms with E-state index in [1.165, 1.54) is 18.2 Å². The second-order valence-corrected chi connectivity index (χ2v) is 8.90. The normalized spacial score (nSPS) is 11.9. The molecule has 0 heterocycles. The van der Waals surface area contributed by atoms with Crippen LogP contribution in [0.3, 0.4) is 0 Å². The first-order chi connectivity index (χ1) is 19.7. The Hall–Kier alpha value is -3.32. The topological polar surface area (TPSA) is 153 Å². The van der Waals surface area contributed by atoms with Crippen molar-refractivity contribution in [3.63, 3.8) is 0 Å². The first kappa shape index (κ1) is 37.7. The second kappa shape index (κ2) is 25.6. The van der Waals surface area contributed by atoms with Crippen molar-refractivity contribution < 1.29 is 38.1 Å². The number of amides is 4. The fourth-order valence-electron chi connectivity index (χ4n) is 3.09. The molecule has 0 saturated carbocycles. The zero-order valence-electron chi connectivity index (χ0n) is 24.4. The van der Waals surface area contributed by atoms with E-state index in [2.05, 4.69) is 47.6 Å². The largest absolute Gasteiger partial charge is 0.379 e. The molecule has 0 saturated heterocycles. The number of hydrogen-bond donors (Lipinski definition) is 4. The maximum atomic E-state index is 11.6. The van der Waals surface area contributed by atoms with Crippen LogP contribution in [0.4, 0.5) is 0 Å². The first-order valence-electron chi connectivity index (χ1n) is 13.8. The number of rotatable bonds is 27. The number of carbonyl (C=O) groups is 4. The highest BCUT2D eigenvalue weighted by atomic mass is 16.6. The van der Waals surface area contributed by atoms with Crippen molar-refractivity contribution in [3.05, 3.63) is 50.1 Å². The van der Waals surface area contributed by atoms with Crippen LogP contribution < -0.4 is 21.3 Å². The SMILES string of the molecule is C=CC(=O)NCCCOCC(OCCCNC(=O)C=C)C(COCCCNC(=O)C(=C)C)OCCCNC(=O)C=C. The molecule has 4 amide bonds. The van der Waals surface area contributed by atoms with E-state index < -0.39 is 12.2 Å². The third kappa shape index (κ3) is 22.1. The molecule has 0 aliphatic heterocycles. The monoisotopic (exact) mass is 580 g/mol. The average molecular weight is 581 g/mol. The quantitative estimate of drug-likeness (QED) is 0.0828. The molecule has 0 aliphatic rings. The Morgan fingerprint density at radius 1 is 0.610 bits per heavy atom. The van der Waals surface area contributed by atoms with Crippen LogP contribution in [-0.2, 0) is 38.1 Å². The molecule has 0 aliphatic carbocycles. The Bertz CT molecular complexity index is 834. The van der Waals surface area contributed by atoms with E-state index in [0.29, 0.717) is 83.9 Å². The van der Waals surface area contributed by atoms with Gasteiger partial charge >= 0.3 is 0 Å². The van der Waals surface area contributed by atoms with Gasteiger partial charge in [0, 0.05) is 58.2 Å². The van der Waals surface area contributed by atoms with Crippen LogP contribution in [0.2, 0.25) is 0 Å². The molecule has 0 aromatic heterocycles. The Balaban J connectivity index is 5.02. The van der Waals surface area contributed by atoms with Gasteiger partial charge in [0.15, 0.2) is 0 Å². The van der Waals surface area contributed by atoms with Gasteiger partial charge < -0.3 is 40.2 Å². The highest BCUT2D eigenvalue weighted by Gasteiger charge is 2.24. The van der Waals surface area contributed by atoms with Crippen LogP contribution >= 0.6 is 0 Å². The van der Waals surface area contributed by atoms with Crippen LogP contribution in [0.5, 0.6) is 0 Å². The summed E-state index contributed by atoms with van der Waals surface area (Å²) < 4.78 is 23.9. The van der Waals surface area contributed by atoms with E-state index in [9.17, 15) is 19.2 Å². The maximum absolute atomic E-state index is 11.6. The predicted octanol–water partition coefficient (Wildman–Crippen LogP) is 0.949. The first-order valence-corrected chi connectivity index (χ1v) is 13.8. The smallest absolute Gasteiger partial charge is 0.246 e. The van der Waals surface area contributed by atoms with Crippen molar-refractivity contribution in [2.75, 3.05) is 65.8 Å². The summed E-state index contributed by atoms with van der Waals surface area (Å²) >= 11 is 0. The van der Waals surface area contributed by atoms with E-state index in [0.717, 1.165) is 0 Å². The van der Waals surface area contributed by atoms with E-state index in [1.807, 2.05) is 0 Å². The molecule has 232 valence electrons. The maximum Gasteiger partial charge on any atom is 0.246 e. The third-order valence-electron chi connectivity index (χ3n) is 5.34. The Labute approximate surface area is 243 Å². The Morgan fingerprint density at radius 3 is 1.29 bits per heavy atom. The number of nitrogens with one attached hydrogen (secondary N) is 4. The lowest BCUT2D eigenvalue weighted by molar-refractivity contribution is -0.129. The molecule has 41 heavy (non-hydrogen) atoms. The van der Waals surface area contributed by atoms with E-state index in [4.69, 9.17) is 18.9 Å². The number of ether oxygens (including phenoxy) is 4. The summed E-state index contributed by atoms with van der Waals surface area (Å²) in [5.41, 5.74) is 0.441. The van der Waals surface area contributed by atoms with Gasteiger partial charge in [0.1, 0.15) is 12.2 Å². The standard InChI is InChI=1S/C29H48N4O8/c1-6-26(34)30-13-9-17-38-21-24(40-19-11-14-31-27(35)7-2)25(41-20-12-15-32-28(36)8-3)22-39-18-10-16-33-29(37)23(4)5/h6-8,24-25H,1-4,9-22H2,5H3,(H,30,34)(H,31,35)(H,32,36)(H,33,37).